The normalized spacial score (nSPS) is 10.1. The highest BCUT2D eigenvalue weighted by atomic mass is 16.1. The van der Waals surface area contributed by atoms with Gasteiger partial charge in [-0.15, -0.1) is 0 Å². The van der Waals surface area contributed by atoms with Crippen molar-refractivity contribution in [2.75, 3.05) is 12.4 Å². The molecule has 94 valence electrons. The maximum atomic E-state index is 11.7. The molecule has 0 radical (unpaired) electrons. The van der Waals surface area contributed by atoms with E-state index in [1.807, 2.05) is 43.6 Å². The Morgan fingerprint density at radius 3 is 2.83 bits per heavy atom. The highest BCUT2D eigenvalue weighted by Crippen LogP contribution is 2.19. The predicted octanol–water partition coefficient (Wildman–Crippen LogP) is 2.29. The number of H-pyrrole nitrogens is 1. The van der Waals surface area contributed by atoms with Gasteiger partial charge in [-0.2, -0.15) is 0 Å². The van der Waals surface area contributed by atoms with Crippen LogP contribution in [0.2, 0.25) is 0 Å². The number of carbonyl (C=O) groups excluding carboxylic acids is 1. The first kappa shape index (κ1) is 12.2. The van der Waals surface area contributed by atoms with E-state index in [2.05, 4.69) is 15.6 Å². The fourth-order valence-corrected chi connectivity index (χ4v) is 1.87. The van der Waals surface area contributed by atoms with E-state index in [1.54, 1.807) is 7.05 Å². The summed E-state index contributed by atoms with van der Waals surface area (Å²) >= 11 is 0. The third-order valence-electron chi connectivity index (χ3n) is 2.95. The van der Waals surface area contributed by atoms with Crippen LogP contribution in [0.3, 0.4) is 0 Å². The zero-order chi connectivity index (χ0) is 13.0. The Morgan fingerprint density at radius 2 is 2.17 bits per heavy atom. The Labute approximate surface area is 106 Å². The summed E-state index contributed by atoms with van der Waals surface area (Å²) in [6.07, 6.45) is 3.84. The molecular weight excluding hydrogens is 226 g/mol. The lowest BCUT2D eigenvalue weighted by atomic mass is 10.1. The zero-order valence-corrected chi connectivity index (χ0v) is 10.6. The fourth-order valence-electron chi connectivity index (χ4n) is 1.87. The summed E-state index contributed by atoms with van der Waals surface area (Å²) in [6.45, 7) is 2.69. The van der Waals surface area contributed by atoms with E-state index >= 15 is 0 Å². The standard InChI is InChI=1S/C14H17N3O/c1-10-12(14(18)15-2)4-3-5-13(10)17-9-11-6-7-16-8-11/h3-8,16-17H,9H2,1-2H3,(H,15,18). The van der Waals surface area contributed by atoms with Crippen molar-refractivity contribution in [3.05, 3.63) is 53.3 Å². The average molecular weight is 243 g/mol. The van der Waals surface area contributed by atoms with Gasteiger partial charge in [-0.05, 0) is 36.2 Å². The van der Waals surface area contributed by atoms with Crippen LogP contribution < -0.4 is 10.6 Å². The molecule has 1 heterocycles. The Balaban J connectivity index is 2.16. The van der Waals surface area contributed by atoms with E-state index in [1.165, 1.54) is 5.56 Å². The zero-order valence-electron chi connectivity index (χ0n) is 10.6. The largest absolute Gasteiger partial charge is 0.381 e. The smallest absolute Gasteiger partial charge is 0.251 e. The number of carbonyl (C=O) groups is 1. The molecule has 1 aromatic heterocycles. The molecule has 3 N–H and O–H groups in total. The van der Waals surface area contributed by atoms with Gasteiger partial charge in [0.05, 0.1) is 0 Å². The third-order valence-corrected chi connectivity index (χ3v) is 2.95. The Hall–Kier alpha value is -2.23. The molecule has 4 heteroatoms. The molecule has 2 rings (SSSR count). The lowest BCUT2D eigenvalue weighted by Crippen LogP contribution is -2.19. The molecule has 0 atom stereocenters. The minimum absolute atomic E-state index is 0.0576. The number of nitrogens with one attached hydrogen (secondary N) is 3. The molecule has 0 bridgehead atoms. The lowest BCUT2D eigenvalue weighted by Gasteiger charge is -2.12. The van der Waals surface area contributed by atoms with Crippen LogP contribution in [0.1, 0.15) is 21.5 Å². The molecule has 1 amide bonds. The second-order valence-corrected chi connectivity index (χ2v) is 4.13. The van der Waals surface area contributed by atoms with Gasteiger partial charge in [0.2, 0.25) is 0 Å². The first-order valence-corrected chi connectivity index (χ1v) is 5.89. The number of rotatable bonds is 4. The van der Waals surface area contributed by atoms with Gasteiger partial charge in [0.15, 0.2) is 0 Å². The number of anilines is 1. The van der Waals surface area contributed by atoms with Crippen molar-refractivity contribution >= 4 is 11.6 Å². The quantitative estimate of drug-likeness (QED) is 0.771. The molecule has 0 saturated carbocycles. The summed E-state index contributed by atoms with van der Waals surface area (Å²) in [6, 6.07) is 7.71. The Kier molecular flexibility index (Phi) is 3.67. The highest BCUT2D eigenvalue weighted by Gasteiger charge is 2.09. The number of amides is 1. The van der Waals surface area contributed by atoms with E-state index in [-0.39, 0.29) is 5.91 Å². The molecule has 2 aromatic rings. The van der Waals surface area contributed by atoms with Crippen molar-refractivity contribution in [3.63, 3.8) is 0 Å². The average Bonchev–Trinajstić information content (AvgIpc) is 2.90. The summed E-state index contributed by atoms with van der Waals surface area (Å²) < 4.78 is 0. The van der Waals surface area contributed by atoms with Gasteiger partial charge in [0, 0.05) is 37.2 Å². The van der Waals surface area contributed by atoms with Crippen LogP contribution in [-0.2, 0) is 6.54 Å². The van der Waals surface area contributed by atoms with Crippen LogP contribution in [0.25, 0.3) is 0 Å². The van der Waals surface area contributed by atoms with Crippen LogP contribution in [0.5, 0.6) is 0 Å². The van der Waals surface area contributed by atoms with Crippen LogP contribution in [0.4, 0.5) is 5.69 Å². The van der Waals surface area contributed by atoms with Gasteiger partial charge >= 0.3 is 0 Å². The minimum atomic E-state index is -0.0576. The first-order chi connectivity index (χ1) is 8.72. The van der Waals surface area contributed by atoms with Gasteiger partial charge in [-0.3, -0.25) is 4.79 Å². The number of benzene rings is 1. The summed E-state index contributed by atoms with van der Waals surface area (Å²) in [5, 5.41) is 5.98. The van der Waals surface area contributed by atoms with E-state index in [0.717, 1.165) is 17.8 Å². The second kappa shape index (κ2) is 5.40. The van der Waals surface area contributed by atoms with E-state index in [4.69, 9.17) is 0 Å². The van der Waals surface area contributed by atoms with Crippen LogP contribution >= 0.6 is 0 Å². The van der Waals surface area contributed by atoms with Gasteiger partial charge in [0.1, 0.15) is 0 Å². The van der Waals surface area contributed by atoms with Crippen LogP contribution in [-0.4, -0.2) is 17.9 Å². The maximum Gasteiger partial charge on any atom is 0.251 e. The molecular formula is C14H17N3O. The number of hydrogen-bond acceptors (Lipinski definition) is 2. The molecule has 0 unspecified atom stereocenters. The van der Waals surface area contributed by atoms with Crippen molar-refractivity contribution in [1.29, 1.82) is 0 Å². The van der Waals surface area contributed by atoms with Crippen molar-refractivity contribution in [2.24, 2.45) is 0 Å². The monoisotopic (exact) mass is 243 g/mol. The van der Waals surface area contributed by atoms with E-state index < -0.39 is 0 Å². The topological polar surface area (TPSA) is 56.9 Å². The van der Waals surface area contributed by atoms with Crippen molar-refractivity contribution in [2.45, 2.75) is 13.5 Å². The van der Waals surface area contributed by atoms with Gasteiger partial charge in [0.25, 0.3) is 5.91 Å². The van der Waals surface area contributed by atoms with E-state index in [0.29, 0.717) is 5.56 Å². The summed E-state index contributed by atoms with van der Waals surface area (Å²) in [5.41, 5.74) is 3.83. The fraction of sp³-hybridized carbons (Fsp3) is 0.214. The molecule has 4 nitrogen and oxygen atoms in total. The number of hydrogen-bond donors (Lipinski definition) is 3. The van der Waals surface area contributed by atoms with Crippen LogP contribution in [0, 0.1) is 6.92 Å². The Bertz CT molecular complexity index is 532. The summed E-state index contributed by atoms with van der Waals surface area (Å²) in [5.74, 6) is -0.0576. The first-order valence-electron chi connectivity index (χ1n) is 5.89. The molecule has 0 fully saturated rings. The third kappa shape index (κ3) is 2.53. The second-order valence-electron chi connectivity index (χ2n) is 4.13. The molecule has 0 saturated heterocycles. The summed E-state index contributed by atoms with van der Waals surface area (Å²) in [4.78, 5) is 14.7. The molecule has 1 aromatic carbocycles. The van der Waals surface area contributed by atoms with Gasteiger partial charge in [-0.25, -0.2) is 0 Å². The highest BCUT2D eigenvalue weighted by molar-refractivity contribution is 5.96. The molecule has 0 aliphatic rings. The van der Waals surface area contributed by atoms with E-state index in [9.17, 15) is 4.79 Å². The molecule has 18 heavy (non-hydrogen) atoms. The lowest BCUT2D eigenvalue weighted by molar-refractivity contribution is 0.0962. The predicted molar refractivity (Wildman–Crippen MR) is 72.7 cm³/mol. The van der Waals surface area contributed by atoms with Gasteiger partial charge < -0.3 is 15.6 Å². The van der Waals surface area contributed by atoms with Gasteiger partial charge in [-0.1, -0.05) is 6.07 Å². The minimum Gasteiger partial charge on any atom is -0.381 e. The van der Waals surface area contributed by atoms with Crippen molar-refractivity contribution in [3.8, 4) is 0 Å². The maximum absolute atomic E-state index is 11.7. The SMILES string of the molecule is CNC(=O)c1cccc(NCc2cc[nH]c2)c1C. The van der Waals surface area contributed by atoms with Crippen molar-refractivity contribution in [1.82, 2.24) is 10.3 Å². The van der Waals surface area contributed by atoms with Crippen molar-refractivity contribution < 1.29 is 4.79 Å². The summed E-state index contributed by atoms with van der Waals surface area (Å²) in [7, 11) is 1.64. The Morgan fingerprint density at radius 1 is 1.33 bits per heavy atom. The molecule has 0 aliphatic carbocycles. The van der Waals surface area contributed by atoms with Crippen LogP contribution in [0.15, 0.2) is 36.7 Å². The molecule has 0 aliphatic heterocycles. The molecule has 0 spiro atoms. The number of aromatic amines is 1. The number of aromatic nitrogens is 1.